The molecule has 1 heterocycles. The van der Waals surface area contributed by atoms with Crippen molar-refractivity contribution in [2.24, 2.45) is 0 Å². The molecule has 0 saturated heterocycles. The molecule has 2 aromatic rings. The minimum atomic E-state index is -0.138. The van der Waals surface area contributed by atoms with Crippen LogP contribution in [0.5, 0.6) is 0 Å². The van der Waals surface area contributed by atoms with Crippen LogP contribution in [0.25, 0.3) is 10.9 Å². The summed E-state index contributed by atoms with van der Waals surface area (Å²) in [5, 5.41) is 13.5. The number of nitrogens with zero attached hydrogens (tertiary/aromatic N) is 2. The molecule has 0 spiro atoms. The molecule has 1 atom stereocenters. The number of fused-ring (bicyclic) bond motifs is 1. The number of halogens is 2. The van der Waals surface area contributed by atoms with Gasteiger partial charge in [0.1, 0.15) is 5.82 Å². The van der Waals surface area contributed by atoms with Gasteiger partial charge in [-0.3, -0.25) is 0 Å². The van der Waals surface area contributed by atoms with Gasteiger partial charge in [-0.2, -0.15) is 0 Å². The van der Waals surface area contributed by atoms with Crippen LogP contribution in [0.2, 0.25) is 10.3 Å². The number of benzene rings is 1. The molecule has 0 amide bonds. The van der Waals surface area contributed by atoms with Crippen molar-refractivity contribution < 1.29 is 5.11 Å². The molecule has 0 saturated carbocycles. The smallest absolute Gasteiger partial charge is 0.224 e. The fraction of sp³-hybridized carbons (Fsp3) is 0.273. The van der Waals surface area contributed by atoms with Gasteiger partial charge in [-0.05, 0) is 30.7 Å². The van der Waals surface area contributed by atoms with E-state index in [-0.39, 0.29) is 17.9 Å². The number of aliphatic hydroxyl groups is 1. The molecule has 90 valence electrons. The molecule has 4 nitrogen and oxygen atoms in total. The number of hydrogen-bond donors (Lipinski definition) is 2. The molecule has 2 N–H and O–H groups in total. The second kappa shape index (κ2) is 5.04. The third-order valence-electron chi connectivity index (χ3n) is 2.30. The molecule has 0 radical (unpaired) electrons. The molecule has 0 aliphatic carbocycles. The molecule has 1 aromatic carbocycles. The normalized spacial score (nSPS) is 12.7. The van der Waals surface area contributed by atoms with Gasteiger partial charge in [-0.25, -0.2) is 9.97 Å². The van der Waals surface area contributed by atoms with E-state index >= 15 is 0 Å². The van der Waals surface area contributed by atoms with E-state index in [9.17, 15) is 0 Å². The quantitative estimate of drug-likeness (QED) is 0.843. The summed E-state index contributed by atoms with van der Waals surface area (Å²) in [5.74, 6) is 0.534. The van der Waals surface area contributed by atoms with Crippen LogP contribution in [-0.2, 0) is 0 Å². The van der Waals surface area contributed by atoms with Gasteiger partial charge in [0.15, 0.2) is 0 Å². The average Bonchev–Trinajstić information content (AvgIpc) is 2.28. The highest BCUT2D eigenvalue weighted by atomic mass is 35.5. The van der Waals surface area contributed by atoms with Gasteiger partial charge >= 0.3 is 0 Å². The maximum Gasteiger partial charge on any atom is 0.224 e. The lowest BCUT2D eigenvalue weighted by molar-refractivity contribution is 0.281. The molecule has 2 rings (SSSR count). The van der Waals surface area contributed by atoms with Crippen molar-refractivity contribution >= 4 is 39.9 Å². The standard InChI is InChI=1S/C11H11Cl2N3O/c1-6(5-17)14-10-9-7(12)3-2-4-8(9)15-11(13)16-10/h2-4,6,17H,5H2,1H3,(H,14,15,16). The Balaban J connectivity index is 2.60. The van der Waals surface area contributed by atoms with Crippen molar-refractivity contribution in [3.05, 3.63) is 28.5 Å². The molecule has 6 heteroatoms. The lowest BCUT2D eigenvalue weighted by Crippen LogP contribution is -2.20. The summed E-state index contributed by atoms with van der Waals surface area (Å²) >= 11 is 12.0. The highest BCUT2D eigenvalue weighted by Gasteiger charge is 2.11. The van der Waals surface area contributed by atoms with Crippen LogP contribution in [0.1, 0.15) is 6.92 Å². The zero-order chi connectivity index (χ0) is 12.4. The Kier molecular flexibility index (Phi) is 3.66. The first kappa shape index (κ1) is 12.4. The van der Waals surface area contributed by atoms with Crippen LogP contribution in [-0.4, -0.2) is 27.7 Å². The zero-order valence-corrected chi connectivity index (χ0v) is 10.6. The highest BCUT2D eigenvalue weighted by molar-refractivity contribution is 6.36. The first-order chi connectivity index (χ1) is 8.11. The molecule has 1 aromatic heterocycles. The average molecular weight is 272 g/mol. The minimum absolute atomic E-state index is 0.00638. The second-order valence-electron chi connectivity index (χ2n) is 3.70. The van der Waals surface area contributed by atoms with Crippen molar-refractivity contribution in [2.75, 3.05) is 11.9 Å². The molecule has 0 bridgehead atoms. The second-order valence-corrected chi connectivity index (χ2v) is 4.45. The maximum atomic E-state index is 9.03. The van der Waals surface area contributed by atoms with Gasteiger partial charge in [0.05, 0.1) is 22.5 Å². The lowest BCUT2D eigenvalue weighted by Gasteiger charge is -2.14. The summed E-state index contributed by atoms with van der Waals surface area (Å²) in [5.41, 5.74) is 0.671. The lowest BCUT2D eigenvalue weighted by atomic mass is 10.2. The molecule has 1 unspecified atom stereocenters. The van der Waals surface area contributed by atoms with Crippen molar-refractivity contribution in [2.45, 2.75) is 13.0 Å². The molecule has 17 heavy (non-hydrogen) atoms. The van der Waals surface area contributed by atoms with Crippen LogP contribution < -0.4 is 5.32 Å². The summed E-state index contributed by atoms with van der Waals surface area (Å²) in [6.45, 7) is 1.83. The van der Waals surface area contributed by atoms with Crippen LogP contribution in [0, 0.1) is 0 Å². The van der Waals surface area contributed by atoms with E-state index < -0.39 is 0 Å². The highest BCUT2D eigenvalue weighted by Crippen LogP contribution is 2.29. The fourth-order valence-corrected chi connectivity index (χ4v) is 1.93. The molecular formula is C11H11Cl2N3O. The Bertz CT molecular complexity index is 547. The third kappa shape index (κ3) is 2.60. The van der Waals surface area contributed by atoms with Crippen molar-refractivity contribution in [1.29, 1.82) is 0 Å². The van der Waals surface area contributed by atoms with Crippen molar-refractivity contribution in [3.63, 3.8) is 0 Å². The van der Waals surface area contributed by atoms with Gasteiger partial charge < -0.3 is 10.4 Å². The number of rotatable bonds is 3. The van der Waals surface area contributed by atoms with E-state index in [0.29, 0.717) is 21.7 Å². The summed E-state index contributed by atoms with van der Waals surface area (Å²) in [6.07, 6.45) is 0. The van der Waals surface area contributed by atoms with Crippen LogP contribution in [0.3, 0.4) is 0 Å². The summed E-state index contributed by atoms with van der Waals surface area (Å²) in [6, 6.07) is 5.23. The minimum Gasteiger partial charge on any atom is -0.394 e. The van der Waals surface area contributed by atoms with E-state index in [0.717, 1.165) is 0 Å². The molecule has 0 aliphatic rings. The summed E-state index contributed by atoms with van der Waals surface area (Å²) in [7, 11) is 0. The van der Waals surface area contributed by atoms with E-state index in [1.165, 1.54) is 0 Å². The van der Waals surface area contributed by atoms with Gasteiger partial charge in [0.25, 0.3) is 0 Å². The Morgan fingerprint density at radius 2 is 2.12 bits per heavy atom. The largest absolute Gasteiger partial charge is 0.394 e. The molecule has 0 fully saturated rings. The monoisotopic (exact) mass is 271 g/mol. The van der Waals surface area contributed by atoms with Crippen LogP contribution in [0.15, 0.2) is 18.2 Å². The predicted octanol–water partition coefficient (Wildman–Crippen LogP) is 2.73. The fourth-order valence-electron chi connectivity index (χ4n) is 1.50. The Morgan fingerprint density at radius 3 is 2.82 bits per heavy atom. The third-order valence-corrected chi connectivity index (χ3v) is 2.79. The van der Waals surface area contributed by atoms with Crippen molar-refractivity contribution in [3.8, 4) is 0 Å². The first-order valence-electron chi connectivity index (χ1n) is 5.11. The molecule has 0 aliphatic heterocycles. The number of anilines is 1. The van der Waals surface area contributed by atoms with E-state index in [1.807, 2.05) is 13.0 Å². The number of aromatic nitrogens is 2. The van der Waals surface area contributed by atoms with Gasteiger partial charge in [-0.1, -0.05) is 17.7 Å². The Hall–Kier alpha value is -1.10. The van der Waals surface area contributed by atoms with E-state index in [1.54, 1.807) is 12.1 Å². The van der Waals surface area contributed by atoms with E-state index in [4.69, 9.17) is 28.3 Å². The Labute approximate surface area is 109 Å². The number of aliphatic hydroxyl groups excluding tert-OH is 1. The summed E-state index contributed by atoms with van der Waals surface area (Å²) < 4.78 is 0. The Morgan fingerprint density at radius 1 is 1.35 bits per heavy atom. The number of nitrogens with one attached hydrogen (secondary N) is 1. The SMILES string of the molecule is CC(CO)Nc1nc(Cl)nc2cccc(Cl)c12. The topological polar surface area (TPSA) is 58.0 Å². The van der Waals surface area contributed by atoms with Gasteiger partial charge in [0, 0.05) is 6.04 Å². The van der Waals surface area contributed by atoms with Gasteiger partial charge in [-0.15, -0.1) is 0 Å². The zero-order valence-electron chi connectivity index (χ0n) is 9.11. The van der Waals surface area contributed by atoms with Crippen molar-refractivity contribution in [1.82, 2.24) is 9.97 Å². The predicted molar refractivity (Wildman–Crippen MR) is 69.7 cm³/mol. The van der Waals surface area contributed by atoms with E-state index in [2.05, 4.69) is 15.3 Å². The number of hydrogen-bond acceptors (Lipinski definition) is 4. The summed E-state index contributed by atoms with van der Waals surface area (Å²) in [4.78, 5) is 8.20. The first-order valence-corrected chi connectivity index (χ1v) is 5.86. The maximum absolute atomic E-state index is 9.03. The van der Waals surface area contributed by atoms with Gasteiger partial charge in [0.2, 0.25) is 5.28 Å². The van der Waals surface area contributed by atoms with Crippen LogP contribution in [0.4, 0.5) is 5.82 Å². The molecular weight excluding hydrogens is 261 g/mol. The van der Waals surface area contributed by atoms with Crippen LogP contribution >= 0.6 is 23.2 Å².